The van der Waals surface area contributed by atoms with Crippen molar-refractivity contribution in [1.29, 1.82) is 0 Å². The molecule has 1 aliphatic rings. The Labute approximate surface area is 183 Å². The third kappa shape index (κ3) is 5.19. The Morgan fingerprint density at radius 1 is 1.29 bits per heavy atom. The van der Waals surface area contributed by atoms with Gasteiger partial charge in [-0.1, -0.05) is 6.08 Å². The molecule has 0 saturated heterocycles. The van der Waals surface area contributed by atoms with E-state index in [0.29, 0.717) is 29.2 Å². The number of hydrogen-bond donors (Lipinski definition) is 1. The molecule has 0 radical (unpaired) electrons. The van der Waals surface area contributed by atoms with Gasteiger partial charge in [0, 0.05) is 17.5 Å². The number of fused-ring (bicyclic) bond motifs is 1. The lowest BCUT2D eigenvalue weighted by Gasteiger charge is -2.38. The molecule has 7 nitrogen and oxygen atoms in total. The van der Waals surface area contributed by atoms with Crippen LogP contribution in [0.4, 0.5) is 5.69 Å². The maximum absolute atomic E-state index is 13.0. The molecule has 3 rings (SSSR count). The van der Waals surface area contributed by atoms with E-state index in [1.54, 1.807) is 31.4 Å². The van der Waals surface area contributed by atoms with Gasteiger partial charge in [0.2, 0.25) is 10.0 Å². The summed E-state index contributed by atoms with van der Waals surface area (Å²) in [5, 5.41) is 3.08. The molecule has 1 amide bonds. The third-order valence-corrected chi connectivity index (χ3v) is 6.25. The van der Waals surface area contributed by atoms with E-state index >= 15 is 0 Å². The SMILES string of the molecule is C=CCN(c1ccc(C(=O)N[C@H]2CC(C)(C)Oc3ccc(OC)cc32)cc1)S(C)(=O)=O. The molecule has 1 heterocycles. The van der Waals surface area contributed by atoms with Gasteiger partial charge in [0.15, 0.2) is 0 Å². The van der Waals surface area contributed by atoms with E-state index in [2.05, 4.69) is 11.9 Å². The number of ether oxygens (including phenoxy) is 2. The van der Waals surface area contributed by atoms with Crippen LogP contribution in [0.2, 0.25) is 0 Å². The number of nitrogens with zero attached hydrogens (tertiary/aromatic N) is 1. The molecule has 8 heteroatoms. The summed E-state index contributed by atoms with van der Waals surface area (Å²) >= 11 is 0. The van der Waals surface area contributed by atoms with E-state index in [0.717, 1.165) is 11.8 Å². The number of nitrogens with one attached hydrogen (secondary N) is 1. The Kier molecular flexibility index (Phi) is 6.31. The van der Waals surface area contributed by atoms with Gasteiger partial charge < -0.3 is 14.8 Å². The van der Waals surface area contributed by atoms with E-state index in [4.69, 9.17) is 9.47 Å². The van der Waals surface area contributed by atoms with E-state index in [9.17, 15) is 13.2 Å². The highest BCUT2D eigenvalue weighted by atomic mass is 32.2. The summed E-state index contributed by atoms with van der Waals surface area (Å²) in [6.45, 7) is 7.72. The maximum Gasteiger partial charge on any atom is 0.251 e. The first-order valence-corrected chi connectivity index (χ1v) is 11.8. The van der Waals surface area contributed by atoms with Crippen LogP contribution in [0.5, 0.6) is 11.5 Å². The number of rotatable bonds is 7. The monoisotopic (exact) mass is 444 g/mol. The molecular formula is C23H28N2O5S. The zero-order valence-electron chi connectivity index (χ0n) is 18.2. The number of methoxy groups -OCH3 is 1. The first-order valence-electron chi connectivity index (χ1n) is 9.90. The van der Waals surface area contributed by atoms with Crippen molar-refractivity contribution in [3.05, 3.63) is 66.2 Å². The second kappa shape index (κ2) is 8.63. The summed E-state index contributed by atoms with van der Waals surface area (Å²) in [6, 6.07) is 11.8. The fourth-order valence-corrected chi connectivity index (χ4v) is 4.54. The predicted octanol–water partition coefficient (Wildman–Crippen LogP) is 3.68. The molecule has 2 aromatic carbocycles. The Morgan fingerprint density at radius 3 is 2.55 bits per heavy atom. The highest BCUT2D eigenvalue weighted by molar-refractivity contribution is 7.92. The average Bonchev–Trinajstić information content (AvgIpc) is 2.70. The largest absolute Gasteiger partial charge is 0.497 e. The number of carbonyl (C=O) groups excluding carboxylic acids is 1. The quantitative estimate of drug-likeness (QED) is 0.659. The summed E-state index contributed by atoms with van der Waals surface area (Å²) in [4.78, 5) is 13.0. The van der Waals surface area contributed by atoms with Crippen molar-refractivity contribution in [2.45, 2.75) is 31.9 Å². The molecule has 0 fully saturated rings. The molecule has 0 saturated carbocycles. The standard InChI is InChI=1S/C23H28N2O5S/c1-6-13-25(31(5,27)28)17-9-7-16(8-10-17)22(26)24-20-15-23(2,3)30-21-12-11-18(29-4)14-19(20)21/h6-12,14,20H,1,13,15H2,2-5H3,(H,24,26)/t20-/m0/s1. The molecular weight excluding hydrogens is 416 g/mol. The lowest BCUT2D eigenvalue weighted by molar-refractivity contribution is 0.0618. The molecule has 1 aliphatic heterocycles. The van der Waals surface area contributed by atoms with E-state index in [1.165, 1.54) is 10.4 Å². The van der Waals surface area contributed by atoms with Gasteiger partial charge in [0.25, 0.3) is 5.91 Å². The normalized spacial score (nSPS) is 17.1. The number of sulfonamides is 1. The van der Waals surface area contributed by atoms with E-state index in [-0.39, 0.29) is 18.5 Å². The molecule has 0 aliphatic carbocycles. The zero-order valence-corrected chi connectivity index (χ0v) is 19.0. The predicted molar refractivity (Wildman–Crippen MR) is 121 cm³/mol. The molecule has 1 atom stereocenters. The number of anilines is 1. The number of hydrogen-bond acceptors (Lipinski definition) is 5. The molecule has 1 N–H and O–H groups in total. The van der Waals surface area contributed by atoms with Crippen LogP contribution >= 0.6 is 0 Å². The average molecular weight is 445 g/mol. The van der Waals surface area contributed by atoms with Crippen molar-refractivity contribution < 1.29 is 22.7 Å². The van der Waals surface area contributed by atoms with Crippen LogP contribution in [0, 0.1) is 0 Å². The van der Waals surface area contributed by atoms with Crippen molar-refractivity contribution in [3.8, 4) is 11.5 Å². The minimum atomic E-state index is -3.45. The van der Waals surface area contributed by atoms with Crippen LogP contribution in [0.1, 0.15) is 42.2 Å². The van der Waals surface area contributed by atoms with Gasteiger partial charge in [-0.05, 0) is 56.3 Å². The fourth-order valence-electron chi connectivity index (χ4n) is 3.66. The van der Waals surface area contributed by atoms with Gasteiger partial charge in [-0.25, -0.2) is 8.42 Å². The van der Waals surface area contributed by atoms with E-state index < -0.39 is 15.6 Å². The van der Waals surface area contributed by atoms with Crippen LogP contribution in [-0.4, -0.2) is 39.8 Å². The second-order valence-corrected chi connectivity index (χ2v) is 10.0. The van der Waals surface area contributed by atoms with Crippen LogP contribution < -0.4 is 19.1 Å². The number of carbonyl (C=O) groups is 1. The van der Waals surface area contributed by atoms with Crippen LogP contribution in [0.15, 0.2) is 55.1 Å². The van der Waals surface area contributed by atoms with Crippen LogP contribution in [0.25, 0.3) is 0 Å². The Hall–Kier alpha value is -3.00. The molecule has 2 aromatic rings. The van der Waals surface area contributed by atoms with Crippen LogP contribution in [0.3, 0.4) is 0 Å². The first kappa shape index (κ1) is 22.7. The highest BCUT2D eigenvalue weighted by Crippen LogP contribution is 2.41. The lowest BCUT2D eigenvalue weighted by atomic mass is 9.89. The molecule has 0 spiro atoms. The van der Waals surface area contributed by atoms with Crippen molar-refractivity contribution in [2.24, 2.45) is 0 Å². The maximum atomic E-state index is 13.0. The summed E-state index contributed by atoms with van der Waals surface area (Å²) in [5.74, 6) is 1.15. The molecule has 31 heavy (non-hydrogen) atoms. The number of benzene rings is 2. The fraction of sp³-hybridized carbons (Fsp3) is 0.348. The number of amides is 1. The third-order valence-electron chi connectivity index (χ3n) is 5.09. The minimum absolute atomic E-state index is 0.153. The van der Waals surface area contributed by atoms with Gasteiger partial charge in [0.05, 0.1) is 31.6 Å². The van der Waals surface area contributed by atoms with Gasteiger partial charge in [-0.2, -0.15) is 0 Å². The second-order valence-electron chi connectivity index (χ2n) is 8.13. The Bertz CT molecular complexity index is 1080. The summed E-state index contributed by atoms with van der Waals surface area (Å²) in [5.41, 5.74) is 1.33. The minimum Gasteiger partial charge on any atom is -0.497 e. The first-order chi connectivity index (χ1) is 14.5. The van der Waals surface area contributed by atoms with Crippen molar-refractivity contribution in [3.63, 3.8) is 0 Å². The highest BCUT2D eigenvalue weighted by Gasteiger charge is 2.35. The van der Waals surface area contributed by atoms with Crippen molar-refractivity contribution >= 4 is 21.6 Å². The van der Waals surface area contributed by atoms with Crippen LogP contribution in [-0.2, 0) is 10.0 Å². The summed E-state index contributed by atoms with van der Waals surface area (Å²) in [7, 11) is -1.86. The molecule has 0 bridgehead atoms. The summed E-state index contributed by atoms with van der Waals surface area (Å²) < 4.78 is 36.6. The van der Waals surface area contributed by atoms with Crippen molar-refractivity contribution in [2.75, 3.05) is 24.2 Å². The molecule has 0 unspecified atom stereocenters. The smallest absolute Gasteiger partial charge is 0.251 e. The Balaban J connectivity index is 1.84. The van der Waals surface area contributed by atoms with Gasteiger partial charge >= 0.3 is 0 Å². The van der Waals surface area contributed by atoms with Crippen molar-refractivity contribution in [1.82, 2.24) is 5.32 Å². The Morgan fingerprint density at radius 2 is 1.97 bits per heavy atom. The molecule has 166 valence electrons. The lowest BCUT2D eigenvalue weighted by Crippen LogP contribution is -2.41. The summed E-state index contributed by atoms with van der Waals surface area (Å²) in [6.07, 6.45) is 3.24. The van der Waals surface area contributed by atoms with Gasteiger partial charge in [-0.3, -0.25) is 9.10 Å². The topological polar surface area (TPSA) is 84.9 Å². The zero-order chi connectivity index (χ0) is 22.8. The van der Waals surface area contributed by atoms with Gasteiger partial charge in [0.1, 0.15) is 17.1 Å². The van der Waals surface area contributed by atoms with E-state index in [1.807, 2.05) is 32.0 Å². The molecule has 0 aromatic heterocycles. The van der Waals surface area contributed by atoms with Gasteiger partial charge in [-0.15, -0.1) is 6.58 Å².